The van der Waals surface area contributed by atoms with Crippen molar-refractivity contribution in [2.75, 3.05) is 20.3 Å². The van der Waals surface area contributed by atoms with Crippen LogP contribution in [0.1, 0.15) is 5.56 Å². The summed E-state index contributed by atoms with van der Waals surface area (Å²) in [6.07, 6.45) is 1.05. The van der Waals surface area contributed by atoms with Crippen LogP contribution >= 0.6 is 15.9 Å². The molecule has 0 fully saturated rings. The molecule has 1 aromatic carbocycles. The van der Waals surface area contributed by atoms with Gasteiger partial charge in [0.25, 0.3) is 0 Å². The highest BCUT2D eigenvalue weighted by Crippen LogP contribution is 2.10. The normalized spacial score (nSPS) is 10.9. The molecular formula is C10H16BrN3. The smallest absolute Gasteiger partial charge is 0.0610 e. The number of hydrazine groups is 1. The van der Waals surface area contributed by atoms with Crippen molar-refractivity contribution >= 4 is 15.9 Å². The lowest BCUT2D eigenvalue weighted by molar-refractivity contribution is 0.313. The van der Waals surface area contributed by atoms with Crippen LogP contribution in [0.5, 0.6) is 0 Å². The van der Waals surface area contributed by atoms with Gasteiger partial charge in [0.15, 0.2) is 0 Å². The van der Waals surface area contributed by atoms with Gasteiger partial charge in [-0.3, -0.25) is 10.7 Å². The van der Waals surface area contributed by atoms with E-state index in [4.69, 9.17) is 5.84 Å². The molecule has 0 aliphatic carbocycles. The van der Waals surface area contributed by atoms with Crippen molar-refractivity contribution in [2.45, 2.75) is 6.42 Å². The molecule has 0 amide bonds. The van der Waals surface area contributed by atoms with E-state index in [0.717, 1.165) is 24.1 Å². The second-order valence-corrected chi connectivity index (χ2v) is 4.23. The maximum atomic E-state index is 5.22. The van der Waals surface area contributed by atoms with E-state index in [2.05, 4.69) is 50.5 Å². The molecule has 1 rings (SSSR count). The molecule has 0 saturated heterocycles. The molecule has 78 valence electrons. The standard InChI is InChI=1S/C10H16BrN3/c1-14(8-13-12)7-6-9-2-4-10(11)5-3-9/h2-5,13H,6-8,12H2,1H3. The average Bonchev–Trinajstić information content (AvgIpc) is 2.17. The molecule has 0 heterocycles. The van der Waals surface area contributed by atoms with Crippen LogP contribution in [0.25, 0.3) is 0 Å². The fourth-order valence-electron chi connectivity index (χ4n) is 1.21. The first-order chi connectivity index (χ1) is 6.72. The molecule has 4 heteroatoms. The minimum absolute atomic E-state index is 0.719. The van der Waals surface area contributed by atoms with E-state index in [1.807, 2.05) is 7.05 Å². The summed E-state index contributed by atoms with van der Waals surface area (Å²) < 4.78 is 1.12. The van der Waals surface area contributed by atoms with Gasteiger partial charge in [-0.1, -0.05) is 28.1 Å². The maximum absolute atomic E-state index is 5.22. The molecule has 1 aromatic rings. The molecule has 0 saturated carbocycles. The summed E-state index contributed by atoms with van der Waals surface area (Å²) in [4.78, 5) is 2.14. The number of nitrogens with one attached hydrogen (secondary N) is 1. The molecule has 0 aliphatic rings. The molecule has 0 bridgehead atoms. The summed E-state index contributed by atoms with van der Waals surface area (Å²) in [7, 11) is 2.04. The summed E-state index contributed by atoms with van der Waals surface area (Å²) in [5.41, 5.74) is 3.98. The highest BCUT2D eigenvalue weighted by molar-refractivity contribution is 9.10. The third-order valence-corrected chi connectivity index (χ3v) is 2.59. The van der Waals surface area contributed by atoms with E-state index >= 15 is 0 Å². The van der Waals surface area contributed by atoms with Crippen LogP contribution in [-0.2, 0) is 6.42 Å². The van der Waals surface area contributed by atoms with Gasteiger partial charge in [-0.2, -0.15) is 0 Å². The van der Waals surface area contributed by atoms with Crippen LogP contribution in [-0.4, -0.2) is 25.2 Å². The summed E-state index contributed by atoms with van der Waals surface area (Å²) in [6, 6.07) is 8.40. The Kier molecular flexibility index (Phi) is 5.11. The zero-order valence-corrected chi connectivity index (χ0v) is 9.92. The van der Waals surface area contributed by atoms with E-state index in [9.17, 15) is 0 Å². The number of halogens is 1. The highest BCUT2D eigenvalue weighted by atomic mass is 79.9. The summed E-state index contributed by atoms with van der Waals surface area (Å²) in [5, 5.41) is 0. The first-order valence-electron chi connectivity index (χ1n) is 4.59. The van der Waals surface area contributed by atoms with Gasteiger partial charge >= 0.3 is 0 Å². The molecule has 0 unspecified atom stereocenters. The van der Waals surface area contributed by atoms with Crippen LogP contribution < -0.4 is 11.3 Å². The lowest BCUT2D eigenvalue weighted by Gasteiger charge is -2.15. The van der Waals surface area contributed by atoms with Crippen LogP contribution in [0.15, 0.2) is 28.7 Å². The van der Waals surface area contributed by atoms with Crippen molar-refractivity contribution < 1.29 is 0 Å². The zero-order chi connectivity index (χ0) is 10.4. The Morgan fingerprint density at radius 2 is 2.00 bits per heavy atom. The molecule has 14 heavy (non-hydrogen) atoms. The van der Waals surface area contributed by atoms with Gasteiger partial charge in [-0.05, 0) is 31.2 Å². The van der Waals surface area contributed by atoms with E-state index in [1.54, 1.807) is 0 Å². The van der Waals surface area contributed by atoms with Crippen LogP contribution in [0, 0.1) is 0 Å². The van der Waals surface area contributed by atoms with Gasteiger partial charge in [0.1, 0.15) is 0 Å². The third-order valence-electron chi connectivity index (χ3n) is 2.06. The Hall–Kier alpha value is -0.420. The molecule has 0 aromatic heterocycles. The topological polar surface area (TPSA) is 41.3 Å². The molecule has 3 N–H and O–H groups in total. The maximum Gasteiger partial charge on any atom is 0.0610 e. The van der Waals surface area contributed by atoms with Crippen molar-refractivity contribution in [2.24, 2.45) is 5.84 Å². The van der Waals surface area contributed by atoms with Gasteiger partial charge in [-0.15, -0.1) is 0 Å². The number of likely N-dealkylation sites (N-methyl/N-ethyl adjacent to an activating group) is 1. The predicted octanol–water partition coefficient (Wildman–Crippen LogP) is 1.34. The Balaban J connectivity index is 2.34. The number of rotatable bonds is 5. The van der Waals surface area contributed by atoms with Crippen LogP contribution in [0.4, 0.5) is 0 Å². The molecule has 0 radical (unpaired) electrons. The van der Waals surface area contributed by atoms with E-state index in [-0.39, 0.29) is 0 Å². The van der Waals surface area contributed by atoms with E-state index in [0.29, 0.717) is 0 Å². The second kappa shape index (κ2) is 6.14. The largest absolute Gasteiger partial charge is 0.292 e. The Labute approximate surface area is 93.4 Å². The second-order valence-electron chi connectivity index (χ2n) is 3.32. The predicted molar refractivity (Wildman–Crippen MR) is 62.7 cm³/mol. The monoisotopic (exact) mass is 257 g/mol. The van der Waals surface area contributed by atoms with Gasteiger partial charge in [0.05, 0.1) is 6.67 Å². The minimum Gasteiger partial charge on any atom is -0.292 e. The van der Waals surface area contributed by atoms with Crippen molar-refractivity contribution in [3.05, 3.63) is 34.3 Å². The van der Waals surface area contributed by atoms with Crippen molar-refractivity contribution in [3.63, 3.8) is 0 Å². The van der Waals surface area contributed by atoms with Crippen molar-refractivity contribution in [1.82, 2.24) is 10.3 Å². The fraction of sp³-hybridized carbons (Fsp3) is 0.400. The van der Waals surface area contributed by atoms with Crippen LogP contribution in [0.2, 0.25) is 0 Å². The number of nitrogens with two attached hydrogens (primary N) is 1. The first-order valence-corrected chi connectivity index (χ1v) is 5.38. The Morgan fingerprint density at radius 3 is 2.57 bits per heavy atom. The Morgan fingerprint density at radius 1 is 1.36 bits per heavy atom. The molecule has 0 atom stereocenters. The van der Waals surface area contributed by atoms with Crippen LogP contribution in [0.3, 0.4) is 0 Å². The van der Waals surface area contributed by atoms with Gasteiger partial charge in [-0.25, -0.2) is 5.43 Å². The lowest BCUT2D eigenvalue weighted by atomic mass is 10.1. The lowest BCUT2D eigenvalue weighted by Crippen LogP contribution is -2.36. The summed E-state index contributed by atoms with van der Waals surface area (Å²) >= 11 is 3.41. The van der Waals surface area contributed by atoms with Gasteiger partial charge < -0.3 is 0 Å². The summed E-state index contributed by atoms with van der Waals surface area (Å²) in [6.45, 7) is 1.72. The van der Waals surface area contributed by atoms with Crippen molar-refractivity contribution in [1.29, 1.82) is 0 Å². The Bertz CT molecular complexity index is 261. The molecule has 0 aliphatic heterocycles. The SMILES string of the molecule is CN(CCc1ccc(Br)cc1)CNN. The molecule has 0 spiro atoms. The van der Waals surface area contributed by atoms with Gasteiger partial charge in [0, 0.05) is 11.0 Å². The van der Waals surface area contributed by atoms with E-state index in [1.165, 1.54) is 5.56 Å². The number of hydrogen-bond donors (Lipinski definition) is 2. The highest BCUT2D eigenvalue weighted by Gasteiger charge is 1.97. The molecular weight excluding hydrogens is 242 g/mol. The zero-order valence-electron chi connectivity index (χ0n) is 8.33. The number of benzene rings is 1. The quantitative estimate of drug-likeness (QED) is 0.476. The average molecular weight is 258 g/mol. The van der Waals surface area contributed by atoms with Crippen molar-refractivity contribution in [3.8, 4) is 0 Å². The van der Waals surface area contributed by atoms with Gasteiger partial charge in [0.2, 0.25) is 0 Å². The van der Waals surface area contributed by atoms with E-state index < -0.39 is 0 Å². The fourth-order valence-corrected chi connectivity index (χ4v) is 1.47. The first kappa shape index (κ1) is 11.7. The minimum atomic E-state index is 0.719. The number of nitrogens with zero attached hydrogens (tertiary/aromatic N) is 1. The summed E-state index contributed by atoms with van der Waals surface area (Å²) in [5.74, 6) is 5.22. The third kappa shape index (κ3) is 4.19. The number of hydrogen-bond acceptors (Lipinski definition) is 3. The molecule has 3 nitrogen and oxygen atoms in total.